The third-order valence-electron chi connectivity index (χ3n) is 3.69. The van der Waals surface area contributed by atoms with Crippen molar-refractivity contribution < 1.29 is 9.53 Å². The van der Waals surface area contributed by atoms with Crippen molar-refractivity contribution in [2.75, 3.05) is 0 Å². The Labute approximate surface area is 149 Å². The van der Waals surface area contributed by atoms with Crippen molar-refractivity contribution in [1.29, 1.82) is 0 Å². The van der Waals surface area contributed by atoms with Crippen LogP contribution in [0, 0.1) is 0 Å². The van der Waals surface area contributed by atoms with Crippen LogP contribution in [0.5, 0.6) is 5.75 Å². The van der Waals surface area contributed by atoms with E-state index in [9.17, 15) is 4.79 Å². The first-order valence-corrected chi connectivity index (χ1v) is 8.23. The molecule has 3 nitrogen and oxygen atoms in total. The second-order valence-electron chi connectivity index (χ2n) is 5.29. The normalized spacial score (nSPS) is 21.0. The van der Waals surface area contributed by atoms with Crippen molar-refractivity contribution in [3.8, 4) is 5.75 Å². The number of alkyl halides is 3. The van der Waals surface area contributed by atoms with Gasteiger partial charge in [0, 0.05) is 6.54 Å². The number of carbonyl (C=O) groups excluding carboxylic acids is 1. The average Bonchev–Trinajstić information content (AvgIpc) is 2.54. The summed E-state index contributed by atoms with van der Waals surface area (Å²) in [6.45, 7) is 0.382. The molecule has 0 saturated carbocycles. The van der Waals surface area contributed by atoms with E-state index in [1.54, 1.807) is 12.1 Å². The van der Waals surface area contributed by atoms with Crippen molar-refractivity contribution in [3.05, 3.63) is 66.2 Å². The van der Waals surface area contributed by atoms with Gasteiger partial charge in [0.1, 0.15) is 11.8 Å². The maximum Gasteiger partial charge on any atom is 0.266 e. The molecule has 0 radical (unpaired) electrons. The summed E-state index contributed by atoms with van der Waals surface area (Å²) in [4.78, 5) is 14.0. The lowest BCUT2D eigenvalue weighted by Gasteiger charge is -2.49. The summed E-state index contributed by atoms with van der Waals surface area (Å²) in [5.74, 6) is 0.387. The minimum Gasteiger partial charge on any atom is -0.478 e. The van der Waals surface area contributed by atoms with Crippen LogP contribution in [0.25, 0.3) is 0 Å². The van der Waals surface area contributed by atoms with Crippen LogP contribution in [0.4, 0.5) is 0 Å². The molecule has 6 heteroatoms. The lowest BCUT2D eigenvalue weighted by molar-refractivity contribution is -0.164. The molecule has 3 rings (SSSR count). The SMILES string of the molecule is O=C1[C@@H](Oc2ccccc2)[C@@H](C(Cl)(Cl)Cl)N1Cc1ccccc1. The molecule has 0 aliphatic carbocycles. The molecule has 0 spiro atoms. The van der Waals surface area contributed by atoms with Gasteiger partial charge in [0.25, 0.3) is 5.91 Å². The van der Waals surface area contributed by atoms with Crippen molar-refractivity contribution in [2.24, 2.45) is 0 Å². The van der Waals surface area contributed by atoms with E-state index in [1.165, 1.54) is 4.90 Å². The highest BCUT2D eigenvalue weighted by Gasteiger charge is 2.58. The Morgan fingerprint density at radius 2 is 1.52 bits per heavy atom. The van der Waals surface area contributed by atoms with E-state index in [4.69, 9.17) is 39.5 Å². The molecule has 23 heavy (non-hydrogen) atoms. The number of benzene rings is 2. The lowest BCUT2D eigenvalue weighted by atomic mass is 9.97. The van der Waals surface area contributed by atoms with E-state index in [0.29, 0.717) is 12.3 Å². The van der Waals surface area contributed by atoms with Gasteiger partial charge in [0.2, 0.25) is 9.90 Å². The Balaban J connectivity index is 1.78. The summed E-state index contributed by atoms with van der Waals surface area (Å²) in [5, 5.41) is 0. The minimum atomic E-state index is -1.62. The molecule has 0 N–H and O–H groups in total. The number of hydrogen-bond acceptors (Lipinski definition) is 2. The van der Waals surface area contributed by atoms with Gasteiger partial charge in [-0.2, -0.15) is 0 Å². The summed E-state index contributed by atoms with van der Waals surface area (Å²) < 4.78 is 4.10. The maximum absolute atomic E-state index is 12.5. The number of rotatable bonds is 4. The molecular formula is C17H14Cl3NO2. The number of para-hydroxylation sites is 1. The van der Waals surface area contributed by atoms with Crippen LogP contribution < -0.4 is 4.74 Å². The van der Waals surface area contributed by atoms with Gasteiger partial charge in [-0.25, -0.2) is 0 Å². The number of hydrogen-bond donors (Lipinski definition) is 0. The fourth-order valence-electron chi connectivity index (χ4n) is 2.58. The first-order chi connectivity index (χ1) is 11.0. The highest BCUT2D eigenvalue weighted by atomic mass is 35.6. The Hall–Kier alpha value is -1.42. The fourth-order valence-corrected chi connectivity index (χ4v) is 3.28. The second-order valence-corrected chi connectivity index (χ2v) is 7.66. The highest BCUT2D eigenvalue weighted by Crippen LogP contribution is 2.42. The van der Waals surface area contributed by atoms with Crippen molar-refractivity contribution in [1.82, 2.24) is 4.90 Å². The zero-order valence-corrected chi connectivity index (χ0v) is 14.3. The van der Waals surface area contributed by atoms with Gasteiger partial charge in [0.15, 0.2) is 0 Å². The van der Waals surface area contributed by atoms with Crippen LogP contribution in [-0.4, -0.2) is 26.7 Å². The third-order valence-corrected chi connectivity index (χ3v) is 4.36. The molecule has 1 aliphatic rings. The molecule has 1 fully saturated rings. The van der Waals surface area contributed by atoms with Crippen LogP contribution in [0.3, 0.4) is 0 Å². The number of amides is 1. The van der Waals surface area contributed by atoms with E-state index in [-0.39, 0.29) is 5.91 Å². The predicted octanol–water partition coefficient (Wildman–Crippen LogP) is 4.22. The van der Waals surface area contributed by atoms with Crippen molar-refractivity contribution in [3.63, 3.8) is 0 Å². The molecule has 1 amide bonds. The van der Waals surface area contributed by atoms with Gasteiger partial charge >= 0.3 is 0 Å². The molecule has 0 bridgehead atoms. The summed E-state index contributed by atoms with van der Waals surface area (Å²) in [7, 11) is 0. The van der Waals surface area contributed by atoms with Gasteiger partial charge in [-0.3, -0.25) is 4.79 Å². The quantitative estimate of drug-likeness (QED) is 0.596. The number of β-lactam (4-membered cyclic amide) rings is 1. The molecule has 1 heterocycles. The van der Waals surface area contributed by atoms with Gasteiger partial charge in [-0.1, -0.05) is 83.3 Å². The highest BCUT2D eigenvalue weighted by molar-refractivity contribution is 6.68. The van der Waals surface area contributed by atoms with Crippen molar-refractivity contribution in [2.45, 2.75) is 22.5 Å². The van der Waals surface area contributed by atoms with Gasteiger partial charge in [0.05, 0.1) is 0 Å². The standard InChI is InChI=1S/C17H14Cl3NO2/c18-17(19,20)15-14(23-13-9-5-2-6-10-13)16(22)21(15)11-12-7-3-1-4-8-12/h1-10,14-15H,11H2/t14-,15-/m0/s1. The van der Waals surface area contributed by atoms with E-state index >= 15 is 0 Å². The van der Waals surface area contributed by atoms with Crippen LogP contribution in [0.15, 0.2) is 60.7 Å². The molecular weight excluding hydrogens is 357 g/mol. The summed E-state index contributed by atoms with van der Waals surface area (Å²) in [6, 6.07) is 18.0. The molecule has 0 aromatic heterocycles. The minimum absolute atomic E-state index is 0.186. The molecule has 2 aromatic carbocycles. The monoisotopic (exact) mass is 369 g/mol. The van der Waals surface area contributed by atoms with E-state index in [1.807, 2.05) is 48.5 Å². The van der Waals surface area contributed by atoms with E-state index < -0.39 is 15.9 Å². The molecule has 120 valence electrons. The van der Waals surface area contributed by atoms with Crippen LogP contribution >= 0.6 is 34.8 Å². The fraction of sp³-hybridized carbons (Fsp3) is 0.235. The molecule has 2 aromatic rings. The Morgan fingerprint density at radius 3 is 2.09 bits per heavy atom. The summed E-state index contributed by atoms with van der Waals surface area (Å²) in [5.41, 5.74) is 0.971. The molecule has 0 unspecified atom stereocenters. The maximum atomic E-state index is 12.5. The number of likely N-dealkylation sites (tertiary alicyclic amines) is 1. The first kappa shape index (κ1) is 16.4. The summed E-state index contributed by atoms with van der Waals surface area (Å²) in [6.07, 6.45) is -0.798. The molecule has 1 saturated heterocycles. The summed E-state index contributed by atoms with van der Waals surface area (Å²) >= 11 is 18.2. The number of carbonyl (C=O) groups is 1. The van der Waals surface area contributed by atoms with E-state index in [0.717, 1.165) is 5.56 Å². The number of ether oxygens (including phenoxy) is 1. The molecule has 1 aliphatic heterocycles. The van der Waals surface area contributed by atoms with Gasteiger partial charge in [-0.05, 0) is 17.7 Å². The Morgan fingerprint density at radius 1 is 0.957 bits per heavy atom. The predicted molar refractivity (Wildman–Crippen MR) is 91.9 cm³/mol. The van der Waals surface area contributed by atoms with E-state index in [2.05, 4.69) is 0 Å². The zero-order valence-electron chi connectivity index (χ0n) is 12.0. The average molecular weight is 371 g/mol. The Kier molecular flexibility index (Phi) is 4.72. The second kappa shape index (κ2) is 6.60. The smallest absolute Gasteiger partial charge is 0.266 e. The topological polar surface area (TPSA) is 29.5 Å². The van der Waals surface area contributed by atoms with Crippen LogP contribution in [0.2, 0.25) is 0 Å². The number of halogens is 3. The van der Waals surface area contributed by atoms with Crippen LogP contribution in [-0.2, 0) is 11.3 Å². The molecule has 2 atom stereocenters. The number of nitrogens with zero attached hydrogens (tertiary/aromatic N) is 1. The third kappa shape index (κ3) is 3.57. The lowest BCUT2D eigenvalue weighted by Crippen LogP contribution is -2.70. The van der Waals surface area contributed by atoms with Crippen molar-refractivity contribution >= 4 is 40.7 Å². The van der Waals surface area contributed by atoms with Gasteiger partial charge < -0.3 is 9.64 Å². The first-order valence-electron chi connectivity index (χ1n) is 7.09. The largest absolute Gasteiger partial charge is 0.478 e. The van der Waals surface area contributed by atoms with Gasteiger partial charge in [-0.15, -0.1) is 0 Å². The van der Waals surface area contributed by atoms with Crippen LogP contribution in [0.1, 0.15) is 5.56 Å². The Bertz CT molecular complexity index is 622. The zero-order chi connectivity index (χ0) is 16.4.